The molecule has 0 aromatic heterocycles. The van der Waals surface area contributed by atoms with E-state index in [-0.39, 0.29) is 5.92 Å². The van der Waals surface area contributed by atoms with Crippen LogP contribution >= 0.6 is 0 Å². The van der Waals surface area contributed by atoms with Crippen molar-refractivity contribution in [2.45, 2.75) is 38.8 Å². The van der Waals surface area contributed by atoms with Crippen LogP contribution in [-0.2, 0) is 16.0 Å². The number of hydrogen-bond donors (Lipinski definition) is 3. The van der Waals surface area contributed by atoms with Gasteiger partial charge >= 0.3 is 6.03 Å². The van der Waals surface area contributed by atoms with Crippen molar-refractivity contribution in [3.05, 3.63) is 29.8 Å². The molecule has 25 heavy (non-hydrogen) atoms. The van der Waals surface area contributed by atoms with Crippen LogP contribution < -0.4 is 15.5 Å². The van der Waals surface area contributed by atoms with Gasteiger partial charge in [-0.05, 0) is 36.5 Å². The first-order valence-electron chi connectivity index (χ1n) is 8.09. The lowest BCUT2D eigenvalue weighted by atomic mass is 10.0. The highest BCUT2D eigenvalue weighted by molar-refractivity contribution is 6.07. The van der Waals surface area contributed by atoms with Crippen LogP contribution in [0.5, 0.6) is 5.75 Å². The topological polar surface area (TPSA) is 108 Å². The van der Waals surface area contributed by atoms with Gasteiger partial charge in [0.1, 0.15) is 17.8 Å². The van der Waals surface area contributed by atoms with E-state index in [1.165, 1.54) is 5.48 Å². The summed E-state index contributed by atoms with van der Waals surface area (Å²) in [6, 6.07) is 5.09. The minimum atomic E-state index is -1.06. The molecule has 0 saturated carbocycles. The lowest BCUT2D eigenvalue weighted by molar-refractivity contribution is -0.142. The maximum absolute atomic E-state index is 12.6. The maximum Gasteiger partial charge on any atom is 0.325 e. The smallest absolute Gasteiger partial charge is 0.325 e. The molecule has 1 heterocycles. The Balaban J connectivity index is 2.08. The molecule has 2 rings (SSSR count). The number of imide groups is 1. The molecule has 2 atom stereocenters. The number of carbonyl (C=O) groups excluding carboxylic acids is 3. The fourth-order valence-electron chi connectivity index (χ4n) is 2.93. The quantitative estimate of drug-likeness (QED) is 0.388. The van der Waals surface area contributed by atoms with Crippen molar-refractivity contribution in [3.63, 3.8) is 0 Å². The Morgan fingerprint density at radius 1 is 1.40 bits per heavy atom. The molecule has 4 amide bonds. The monoisotopic (exact) mass is 349 g/mol. The van der Waals surface area contributed by atoms with Gasteiger partial charge in [-0.1, -0.05) is 26.0 Å². The summed E-state index contributed by atoms with van der Waals surface area (Å²) in [4.78, 5) is 37.5. The van der Waals surface area contributed by atoms with Crippen LogP contribution in [0.1, 0.15) is 25.8 Å². The first-order chi connectivity index (χ1) is 11.9. The normalized spacial score (nSPS) is 18.3. The number of aryl methyl sites for hydroxylation is 1. The summed E-state index contributed by atoms with van der Waals surface area (Å²) in [6.45, 7) is 3.40. The molecule has 0 radical (unpaired) electrons. The third-order valence-corrected chi connectivity index (χ3v) is 4.20. The summed E-state index contributed by atoms with van der Waals surface area (Å²) < 4.78 is 5.17. The average molecular weight is 349 g/mol. The standard InChI is InChI=1S/C17H23N3O5/c1-10(2)14(15(21)19-24)20-16(22)13(18-17(20)23)8-7-11-5-4-6-12(9-11)25-3/h4-6,9-10,13-14,24H,7-8H2,1-3H3,(H,18,23)(H,19,21)/t13-,14+/m0/s1. The van der Waals surface area contributed by atoms with Crippen LogP contribution in [0.15, 0.2) is 24.3 Å². The molecule has 136 valence electrons. The highest BCUT2D eigenvalue weighted by atomic mass is 16.5. The molecule has 1 fully saturated rings. The molecular weight excluding hydrogens is 326 g/mol. The van der Waals surface area contributed by atoms with Crippen LogP contribution in [0.3, 0.4) is 0 Å². The van der Waals surface area contributed by atoms with Crippen molar-refractivity contribution < 1.29 is 24.3 Å². The number of urea groups is 1. The van der Waals surface area contributed by atoms with E-state index in [0.29, 0.717) is 12.8 Å². The largest absolute Gasteiger partial charge is 0.497 e. The van der Waals surface area contributed by atoms with Gasteiger partial charge in [0.05, 0.1) is 7.11 Å². The van der Waals surface area contributed by atoms with Gasteiger partial charge in [0.25, 0.3) is 11.8 Å². The zero-order valence-corrected chi connectivity index (χ0v) is 14.5. The third-order valence-electron chi connectivity index (χ3n) is 4.20. The molecule has 8 nitrogen and oxygen atoms in total. The predicted molar refractivity (Wildman–Crippen MR) is 89.0 cm³/mol. The van der Waals surface area contributed by atoms with Crippen molar-refractivity contribution in [3.8, 4) is 5.75 Å². The minimum Gasteiger partial charge on any atom is -0.497 e. The summed E-state index contributed by atoms with van der Waals surface area (Å²) in [5.74, 6) is -0.860. The molecule has 0 bridgehead atoms. The molecule has 1 aromatic carbocycles. The fraction of sp³-hybridized carbons (Fsp3) is 0.471. The molecule has 3 N–H and O–H groups in total. The van der Waals surface area contributed by atoms with Gasteiger partial charge in [-0.25, -0.2) is 15.2 Å². The Hall–Kier alpha value is -2.61. The molecule has 8 heteroatoms. The number of rotatable bonds is 7. The molecule has 0 spiro atoms. The molecule has 0 aliphatic carbocycles. The lowest BCUT2D eigenvalue weighted by Gasteiger charge is -2.26. The number of carbonyl (C=O) groups is 3. The zero-order valence-electron chi connectivity index (χ0n) is 14.5. The van der Waals surface area contributed by atoms with Crippen LogP contribution in [0.25, 0.3) is 0 Å². The number of amides is 4. The van der Waals surface area contributed by atoms with Crippen LogP contribution in [0.4, 0.5) is 4.79 Å². The number of methoxy groups -OCH3 is 1. The molecule has 1 aromatic rings. The van der Waals surface area contributed by atoms with Crippen molar-refractivity contribution in [1.82, 2.24) is 15.7 Å². The van der Waals surface area contributed by atoms with E-state index >= 15 is 0 Å². The van der Waals surface area contributed by atoms with Gasteiger partial charge in [0, 0.05) is 0 Å². The summed E-state index contributed by atoms with van der Waals surface area (Å²) in [5.41, 5.74) is 2.50. The third kappa shape index (κ3) is 4.08. The van der Waals surface area contributed by atoms with Crippen LogP contribution in [0, 0.1) is 5.92 Å². The van der Waals surface area contributed by atoms with E-state index in [1.54, 1.807) is 21.0 Å². The Bertz CT molecular complexity index is 661. The van der Waals surface area contributed by atoms with E-state index in [4.69, 9.17) is 9.94 Å². The fourth-order valence-corrected chi connectivity index (χ4v) is 2.93. The van der Waals surface area contributed by atoms with Crippen LogP contribution in [0.2, 0.25) is 0 Å². The van der Waals surface area contributed by atoms with E-state index in [2.05, 4.69) is 5.32 Å². The highest BCUT2D eigenvalue weighted by Crippen LogP contribution is 2.21. The first-order valence-corrected chi connectivity index (χ1v) is 8.09. The summed E-state index contributed by atoms with van der Waals surface area (Å²) in [7, 11) is 1.58. The van der Waals surface area contributed by atoms with E-state index in [9.17, 15) is 14.4 Å². The Labute approximate surface area is 146 Å². The number of nitrogens with one attached hydrogen (secondary N) is 2. The van der Waals surface area contributed by atoms with Gasteiger partial charge in [0.15, 0.2) is 0 Å². The maximum atomic E-state index is 12.6. The second-order valence-corrected chi connectivity index (χ2v) is 6.27. The molecule has 0 unspecified atom stereocenters. The number of hydroxylamine groups is 1. The number of ether oxygens (including phenoxy) is 1. The first kappa shape index (κ1) is 18.7. The Morgan fingerprint density at radius 3 is 2.72 bits per heavy atom. The Morgan fingerprint density at radius 2 is 2.12 bits per heavy atom. The van der Waals surface area contributed by atoms with Gasteiger partial charge < -0.3 is 10.1 Å². The van der Waals surface area contributed by atoms with Gasteiger partial charge in [-0.3, -0.25) is 14.8 Å². The molecule has 1 saturated heterocycles. The summed E-state index contributed by atoms with van der Waals surface area (Å²) in [5, 5.41) is 11.5. The van der Waals surface area contributed by atoms with Crippen molar-refractivity contribution in [2.75, 3.05) is 7.11 Å². The van der Waals surface area contributed by atoms with Crippen molar-refractivity contribution in [1.29, 1.82) is 0 Å². The average Bonchev–Trinajstić information content (AvgIpc) is 2.87. The highest BCUT2D eigenvalue weighted by Gasteiger charge is 2.45. The number of nitrogens with zero attached hydrogens (tertiary/aromatic N) is 1. The summed E-state index contributed by atoms with van der Waals surface area (Å²) >= 11 is 0. The van der Waals surface area contributed by atoms with Gasteiger partial charge in [-0.15, -0.1) is 0 Å². The van der Waals surface area contributed by atoms with E-state index < -0.39 is 29.9 Å². The van der Waals surface area contributed by atoms with Crippen LogP contribution in [-0.4, -0.2) is 47.1 Å². The molecule has 1 aliphatic heterocycles. The molecular formula is C17H23N3O5. The predicted octanol–water partition coefficient (Wildman–Crippen LogP) is 1.08. The summed E-state index contributed by atoms with van der Waals surface area (Å²) in [6.07, 6.45) is 0.972. The second-order valence-electron chi connectivity index (χ2n) is 6.27. The van der Waals surface area contributed by atoms with Gasteiger partial charge in [-0.2, -0.15) is 0 Å². The number of hydrogen-bond acceptors (Lipinski definition) is 5. The van der Waals surface area contributed by atoms with E-state index in [0.717, 1.165) is 16.2 Å². The SMILES string of the molecule is COc1cccc(CC[C@@H]2NC(=O)N([C@@H](C(=O)NO)C(C)C)C2=O)c1. The van der Waals surface area contributed by atoms with Crippen molar-refractivity contribution >= 4 is 17.8 Å². The molecule has 1 aliphatic rings. The lowest BCUT2D eigenvalue weighted by Crippen LogP contribution is -2.52. The minimum absolute atomic E-state index is 0.334. The second kappa shape index (κ2) is 7.98. The zero-order chi connectivity index (χ0) is 18.6. The number of benzene rings is 1. The van der Waals surface area contributed by atoms with E-state index in [1.807, 2.05) is 24.3 Å². The van der Waals surface area contributed by atoms with Gasteiger partial charge in [0.2, 0.25) is 0 Å². The van der Waals surface area contributed by atoms with Crippen molar-refractivity contribution in [2.24, 2.45) is 5.92 Å². The Kier molecular flexibility index (Phi) is 5.97.